The lowest BCUT2D eigenvalue weighted by atomic mass is 9.80. The third-order valence-electron chi connectivity index (χ3n) is 5.80. The first kappa shape index (κ1) is 15.1. The molecule has 21 heavy (non-hydrogen) atoms. The molecule has 2 heteroatoms. The Balaban J connectivity index is 1.48. The van der Waals surface area contributed by atoms with Crippen LogP contribution in [0.4, 0.5) is 0 Å². The highest BCUT2D eigenvalue weighted by Gasteiger charge is 2.30. The first-order valence-electron chi connectivity index (χ1n) is 8.78. The summed E-state index contributed by atoms with van der Waals surface area (Å²) < 4.78 is 0. The third-order valence-corrected chi connectivity index (χ3v) is 5.80. The summed E-state index contributed by atoms with van der Waals surface area (Å²) in [6.45, 7) is 4.71. The van der Waals surface area contributed by atoms with Gasteiger partial charge in [-0.15, -0.1) is 0 Å². The number of hydrogen-bond acceptors (Lipinski definition) is 2. The van der Waals surface area contributed by atoms with Crippen molar-refractivity contribution in [2.24, 2.45) is 11.7 Å². The summed E-state index contributed by atoms with van der Waals surface area (Å²) in [6, 6.07) is 12.3. The second-order valence-corrected chi connectivity index (χ2v) is 7.15. The fraction of sp³-hybridized carbons (Fsp3) is 0.684. The van der Waals surface area contributed by atoms with Gasteiger partial charge >= 0.3 is 0 Å². The smallest absolute Gasteiger partial charge is 0.00956 e. The van der Waals surface area contributed by atoms with Gasteiger partial charge in [0.15, 0.2) is 0 Å². The Bertz CT molecular complexity index is 412. The Morgan fingerprint density at radius 3 is 2.14 bits per heavy atom. The Morgan fingerprint density at radius 1 is 0.952 bits per heavy atom. The Morgan fingerprint density at radius 2 is 1.57 bits per heavy atom. The maximum Gasteiger partial charge on any atom is 0.00956 e. The molecule has 3 rings (SSSR count). The second-order valence-electron chi connectivity index (χ2n) is 7.15. The molecule has 1 saturated heterocycles. The average Bonchev–Trinajstić information content (AvgIpc) is 2.56. The van der Waals surface area contributed by atoms with Crippen molar-refractivity contribution < 1.29 is 0 Å². The number of hydrogen-bond donors (Lipinski definition) is 1. The van der Waals surface area contributed by atoms with E-state index in [0.29, 0.717) is 6.04 Å². The molecular formula is C19H30N2. The van der Waals surface area contributed by atoms with E-state index in [4.69, 9.17) is 5.73 Å². The Labute approximate surface area is 129 Å². The molecule has 2 fully saturated rings. The van der Waals surface area contributed by atoms with Crippen molar-refractivity contribution in [2.75, 3.05) is 13.1 Å². The predicted octanol–water partition coefficient (Wildman–Crippen LogP) is 3.77. The quantitative estimate of drug-likeness (QED) is 0.916. The van der Waals surface area contributed by atoms with Crippen LogP contribution in [0.5, 0.6) is 0 Å². The van der Waals surface area contributed by atoms with Gasteiger partial charge in [-0.1, -0.05) is 30.3 Å². The van der Waals surface area contributed by atoms with Crippen LogP contribution in [0.25, 0.3) is 0 Å². The zero-order valence-corrected chi connectivity index (χ0v) is 13.4. The minimum Gasteiger partial charge on any atom is -0.328 e. The third kappa shape index (κ3) is 3.67. The van der Waals surface area contributed by atoms with Gasteiger partial charge in [0.1, 0.15) is 0 Å². The van der Waals surface area contributed by atoms with Gasteiger partial charge < -0.3 is 10.6 Å². The van der Waals surface area contributed by atoms with Crippen molar-refractivity contribution in [1.29, 1.82) is 0 Å². The normalized spacial score (nSPS) is 30.2. The molecule has 1 saturated carbocycles. The van der Waals surface area contributed by atoms with Crippen LogP contribution in [0, 0.1) is 5.92 Å². The molecule has 1 aliphatic carbocycles. The molecule has 0 radical (unpaired) electrons. The lowest BCUT2D eigenvalue weighted by Gasteiger charge is -2.41. The molecular weight excluding hydrogens is 256 g/mol. The second kappa shape index (κ2) is 6.93. The molecule has 1 aromatic rings. The molecule has 0 aromatic heterocycles. The van der Waals surface area contributed by atoms with Crippen LogP contribution >= 0.6 is 0 Å². The van der Waals surface area contributed by atoms with Crippen molar-refractivity contribution in [2.45, 2.75) is 63.5 Å². The molecule has 1 aliphatic heterocycles. The molecule has 0 bridgehead atoms. The first-order valence-corrected chi connectivity index (χ1v) is 8.78. The van der Waals surface area contributed by atoms with Gasteiger partial charge in [0.25, 0.3) is 0 Å². The van der Waals surface area contributed by atoms with Gasteiger partial charge in [-0.3, -0.25) is 0 Å². The van der Waals surface area contributed by atoms with Gasteiger partial charge in [-0.05, 0) is 75.9 Å². The summed E-state index contributed by atoms with van der Waals surface area (Å²) in [4.78, 5) is 2.75. The van der Waals surface area contributed by atoms with E-state index in [-0.39, 0.29) is 0 Å². The van der Waals surface area contributed by atoms with Gasteiger partial charge in [-0.2, -0.15) is 0 Å². The van der Waals surface area contributed by atoms with E-state index in [2.05, 4.69) is 42.2 Å². The van der Waals surface area contributed by atoms with E-state index in [9.17, 15) is 0 Å². The molecule has 2 N–H and O–H groups in total. The summed E-state index contributed by atoms with van der Waals surface area (Å²) in [6.07, 6.45) is 8.08. The maximum atomic E-state index is 6.06. The fourth-order valence-electron chi connectivity index (χ4n) is 4.31. The van der Waals surface area contributed by atoms with Crippen molar-refractivity contribution in [1.82, 2.24) is 4.90 Å². The lowest BCUT2D eigenvalue weighted by molar-refractivity contribution is 0.0970. The van der Waals surface area contributed by atoms with Crippen molar-refractivity contribution in [3.8, 4) is 0 Å². The van der Waals surface area contributed by atoms with E-state index >= 15 is 0 Å². The van der Waals surface area contributed by atoms with Crippen LogP contribution in [0.3, 0.4) is 0 Å². The number of benzene rings is 1. The Hall–Kier alpha value is -0.860. The number of likely N-dealkylation sites (tertiary alicyclic amines) is 1. The van der Waals surface area contributed by atoms with Crippen molar-refractivity contribution in [3.05, 3.63) is 35.9 Å². The van der Waals surface area contributed by atoms with Crippen LogP contribution < -0.4 is 5.73 Å². The van der Waals surface area contributed by atoms with E-state index < -0.39 is 0 Å². The SMILES string of the molecule is CC(N)C1CCN(C2CCC(c3ccccc3)CC2)CC1. The van der Waals surface area contributed by atoms with Gasteiger partial charge in [0, 0.05) is 12.1 Å². The fourth-order valence-corrected chi connectivity index (χ4v) is 4.31. The highest BCUT2D eigenvalue weighted by atomic mass is 15.2. The van der Waals surface area contributed by atoms with Crippen LogP contribution in [-0.4, -0.2) is 30.1 Å². The number of nitrogens with zero attached hydrogens (tertiary/aromatic N) is 1. The predicted molar refractivity (Wildman–Crippen MR) is 89.4 cm³/mol. The molecule has 2 nitrogen and oxygen atoms in total. The summed E-state index contributed by atoms with van der Waals surface area (Å²) in [5, 5.41) is 0. The monoisotopic (exact) mass is 286 g/mol. The maximum absolute atomic E-state index is 6.06. The van der Waals surface area contributed by atoms with Gasteiger partial charge in [-0.25, -0.2) is 0 Å². The van der Waals surface area contributed by atoms with Crippen LogP contribution in [0.15, 0.2) is 30.3 Å². The highest BCUT2D eigenvalue weighted by molar-refractivity contribution is 5.20. The average molecular weight is 286 g/mol. The van der Waals surface area contributed by atoms with Crippen molar-refractivity contribution >= 4 is 0 Å². The highest BCUT2D eigenvalue weighted by Crippen LogP contribution is 2.36. The van der Waals surface area contributed by atoms with E-state index in [1.165, 1.54) is 51.6 Å². The molecule has 1 atom stereocenters. The van der Waals surface area contributed by atoms with Gasteiger partial charge in [0.2, 0.25) is 0 Å². The lowest BCUT2D eigenvalue weighted by Crippen LogP contribution is -2.45. The van der Waals surface area contributed by atoms with Gasteiger partial charge in [0.05, 0.1) is 0 Å². The molecule has 0 amide bonds. The number of piperidine rings is 1. The standard InChI is InChI=1S/C19H30N2/c1-15(20)16-11-13-21(14-12-16)19-9-7-18(8-10-19)17-5-3-2-4-6-17/h2-6,15-16,18-19H,7-14,20H2,1H3. The topological polar surface area (TPSA) is 29.3 Å². The molecule has 1 heterocycles. The van der Waals surface area contributed by atoms with E-state index in [1.54, 1.807) is 5.56 Å². The van der Waals surface area contributed by atoms with Crippen LogP contribution in [0.1, 0.15) is 56.9 Å². The molecule has 1 unspecified atom stereocenters. The molecule has 2 aliphatic rings. The molecule has 116 valence electrons. The van der Waals surface area contributed by atoms with E-state index in [1.807, 2.05) is 0 Å². The zero-order chi connectivity index (χ0) is 14.7. The molecule has 1 aromatic carbocycles. The summed E-state index contributed by atoms with van der Waals surface area (Å²) >= 11 is 0. The number of rotatable bonds is 3. The zero-order valence-electron chi connectivity index (χ0n) is 13.4. The van der Waals surface area contributed by atoms with Crippen molar-refractivity contribution in [3.63, 3.8) is 0 Å². The summed E-state index contributed by atoms with van der Waals surface area (Å²) in [5.74, 6) is 1.55. The van der Waals surface area contributed by atoms with E-state index in [0.717, 1.165) is 17.9 Å². The summed E-state index contributed by atoms with van der Waals surface area (Å²) in [5.41, 5.74) is 7.60. The largest absolute Gasteiger partial charge is 0.328 e. The minimum atomic E-state index is 0.376. The summed E-state index contributed by atoms with van der Waals surface area (Å²) in [7, 11) is 0. The first-order chi connectivity index (χ1) is 10.2. The minimum absolute atomic E-state index is 0.376. The molecule has 0 spiro atoms. The Kier molecular flexibility index (Phi) is 4.97. The number of nitrogens with two attached hydrogens (primary N) is 1. The van der Waals surface area contributed by atoms with Crippen LogP contribution in [-0.2, 0) is 0 Å². The van der Waals surface area contributed by atoms with Crippen LogP contribution in [0.2, 0.25) is 0 Å².